The van der Waals surface area contributed by atoms with Gasteiger partial charge >= 0.3 is 12.1 Å². The third-order valence-electron chi connectivity index (χ3n) is 2.68. The van der Waals surface area contributed by atoms with Gasteiger partial charge in [-0.2, -0.15) is 13.2 Å². The van der Waals surface area contributed by atoms with E-state index in [0.717, 1.165) is 0 Å². The van der Waals surface area contributed by atoms with Gasteiger partial charge in [0, 0.05) is 5.56 Å². The Labute approximate surface area is 111 Å². The summed E-state index contributed by atoms with van der Waals surface area (Å²) in [6.07, 6.45) is -2.73. The number of nitrogens with zero attached hydrogens (tertiary/aromatic N) is 2. The molecule has 0 unspecified atom stereocenters. The van der Waals surface area contributed by atoms with Gasteiger partial charge in [-0.25, -0.2) is 9.78 Å². The Balaban J connectivity index is 2.47. The molecule has 1 heterocycles. The fraction of sp³-hybridized carbons (Fsp3) is 0.154. The number of hydrogen-bond donors (Lipinski definition) is 1. The number of aromatic carboxylic acids is 1. The Morgan fingerprint density at radius 1 is 1.25 bits per heavy atom. The third-order valence-corrected chi connectivity index (χ3v) is 2.68. The smallest absolute Gasteiger partial charge is 0.434 e. The van der Waals surface area contributed by atoms with E-state index in [4.69, 9.17) is 5.11 Å². The van der Waals surface area contributed by atoms with E-state index >= 15 is 0 Å². The van der Waals surface area contributed by atoms with Crippen LogP contribution in [0.3, 0.4) is 0 Å². The Morgan fingerprint density at radius 2 is 1.95 bits per heavy atom. The third kappa shape index (κ3) is 2.76. The second-order valence-corrected chi connectivity index (χ2v) is 4.12. The molecule has 0 bridgehead atoms. The number of alkyl halides is 3. The Kier molecular flexibility index (Phi) is 3.44. The van der Waals surface area contributed by atoms with Gasteiger partial charge in [0.15, 0.2) is 5.69 Å². The van der Waals surface area contributed by atoms with Gasteiger partial charge in [0.1, 0.15) is 0 Å². The van der Waals surface area contributed by atoms with Crippen molar-refractivity contribution in [3.05, 3.63) is 47.4 Å². The van der Waals surface area contributed by atoms with Gasteiger partial charge in [0.25, 0.3) is 0 Å². The maximum atomic E-state index is 12.6. The molecule has 2 aromatic rings. The molecule has 0 amide bonds. The molecule has 0 radical (unpaired) electrons. The molecule has 20 heavy (non-hydrogen) atoms. The van der Waals surface area contributed by atoms with E-state index in [-0.39, 0.29) is 11.3 Å². The maximum Gasteiger partial charge on any atom is 0.434 e. The van der Waals surface area contributed by atoms with Crippen LogP contribution in [0.1, 0.15) is 21.6 Å². The predicted molar refractivity (Wildman–Crippen MR) is 64.2 cm³/mol. The molecule has 0 aliphatic rings. The van der Waals surface area contributed by atoms with Crippen molar-refractivity contribution in [2.45, 2.75) is 13.1 Å². The van der Waals surface area contributed by atoms with E-state index in [0.29, 0.717) is 17.3 Å². The van der Waals surface area contributed by atoms with Crippen molar-refractivity contribution in [1.29, 1.82) is 0 Å². The summed E-state index contributed by atoms with van der Waals surface area (Å²) in [5.41, 5.74) is -0.135. The van der Waals surface area contributed by atoms with E-state index in [9.17, 15) is 18.0 Å². The fourth-order valence-electron chi connectivity index (χ4n) is 1.70. The number of rotatable bonds is 2. The second-order valence-electron chi connectivity index (χ2n) is 4.12. The lowest BCUT2D eigenvalue weighted by Gasteiger charge is -2.08. The number of benzene rings is 1. The normalized spacial score (nSPS) is 11.4. The zero-order valence-corrected chi connectivity index (χ0v) is 10.3. The summed E-state index contributed by atoms with van der Waals surface area (Å²) in [5, 5.41) is 8.90. The minimum atomic E-state index is -4.57. The number of carboxylic acid groups (broad SMARTS) is 1. The molecule has 0 atom stereocenters. The molecule has 1 N–H and O–H groups in total. The number of carbonyl (C=O) groups is 1. The molecular weight excluding hydrogens is 273 g/mol. The van der Waals surface area contributed by atoms with Crippen molar-refractivity contribution in [2.75, 3.05) is 0 Å². The Morgan fingerprint density at radius 3 is 2.50 bits per heavy atom. The van der Waals surface area contributed by atoms with Crippen molar-refractivity contribution in [2.24, 2.45) is 0 Å². The minimum Gasteiger partial charge on any atom is -0.478 e. The van der Waals surface area contributed by atoms with Crippen LogP contribution in [0.5, 0.6) is 0 Å². The maximum absolute atomic E-state index is 12.6. The van der Waals surface area contributed by atoms with Crippen molar-refractivity contribution in [3.8, 4) is 11.3 Å². The highest BCUT2D eigenvalue weighted by Gasteiger charge is 2.33. The molecule has 0 fully saturated rings. The van der Waals surface area contributed by atoms with Crippen LogP contribution in [0.25, 0.3) is 11.3 Å². The molecule has 0 saturated heterocycles. The molecule has 1 aromatic carbocycles. The summed E-state index contributed by atoms with van der Waals surface area (Å²) < 4.78 is 37.7. The number of hydrogen-bond acceptors (Lipinski definition) is 3. The molecule has 0 spiro atoms. The van der Waals surface area contributed by atoms with Crippen LogP contribution in [0, 0.1) is 6.92 Å². The molecule has 0 saturated carbocycles. The number of carboxylic acids is 1. The summed E-state index contributed by atoms with van der Waals surface area (Å²) in [7, 11) is 0. The molecule has 1 aromatic heterocycles. The SMILES string of the molecule is Cc1cc(-c2cncc(C(F)(F)F)n2)ccc1C(=O)O. The lowest BCUT2D eigenvalue weighted by molar-refractivity contribution is -0.141. The second kappa shape index (κ2) is 4.92. The van der Waals surface area contributed by atoms with Crippen molar-refractivity contribution < 1.29 is 23.1 Å². The number of aromatic nitrogens is 2. The van der Waals surface area contributed by atoms with Gasteiger partial charge < -0.3 is 5.11 Å². The van der Waals surface area contributed by atoms with Crippen LogP contribution in [-0.4, -0.2) is 21.0 Å². The van der Waals surface area contributed by atoms with Gasteiger partial charge in [-0.1, -0.05) is 6.07 Å². The first-order chi connectivity index (χ1) is 9.29. The Hall–Kier alpha value is -2.44. The largest absolute Gasteiger partial charge is 0.478 e. The van der Waals surface area contributed by atoms with E-state index in [1.54, 1.807) is 6.92 Å². The zero-order chi connectivity index (χ0) is 14.9. The minimum absolute atomic E-state index is 0.0415. The van der Waals surface area contributed by atoms with Gasteiger partial charge in [-0.05, 0) is 24.6 Å². The molecule has 0 aliphatic heterocycles. The summed E-state index contributed by atoms with van der Waals surface area (Å²) >= 11 is 0. The van der Waals surface area contributed by atoms with Crippen molar-refractivity contribution in [3.63, 3.8) is 0 Å². The average Bonchev–Trinajstić information content (AvgIpc) is 2.37. The molecule has 104 valence electrons. The van der Waals surface area contributed by atoms with Crippen LogP contribution in [0.2, 0.25) is 0 Å². The number of halogens is 3. The quantitative estimate of drug-likeness (QED) is 0.919. The molecular formula is C13H9F3N2O2. The van der Waals surface area contributed by atoms with E-state index in [1.165, 1.54) is 24.4 Å². The summed E-state index contributed by atoms with van der Waals surface area (Å²) in [6, 6.07) is 4.20. The molecule has 7 heteroatoms. The molecule has 4 nitrogen and oxygen atoms in total. The summed E-state index contributed by atoms with van der Waals surface area (Å²) in [6.45, 7) is 1.56. The van der Waals surface area contributed by atoms with Crippen LogP contribution in [0.15, 0.2) is 30.6 Å². The van der Waals surface area contributed by atoms with Crippen LogP contribution in [-0.2, 0) is 6.18 Å². The topological polar surface area (TPSA) is 63.1 Å². The highest BCUT2D eigenvalue weighted by atomic mass is 19.4. The predicted octanol–water partition coefficient (Wildman–Crippen LogP) is 3.17. The van der Waals surface area contributed by atoms with Crippen LogP contribution < -0.4 is 0 Å². The highest BCUT2D eigenvalue weighted by molar-refractivity contribution is 5.90. The van der Waals surface area contributed by atoms with E-state index < -0.39 is 17.8 Å². The van der Waals surface area contributed by atoms with Crippen LogP contribution in [0.4, 0.5) is 13.2 Å². The Bertz CT molecular complexity index is 669. The first-order valence-corrected chi connectivity index (χ1v) is 5.52. The first kappa shape index (κ1) is 14.0. The lowest BCUT2D eigenvalue weighted by atomic mass is 10.0. The van der Waals surface area contributed by atoms with Gasteiger partial charge in [0.2, 0.25) is 0 Å². The van der Waals surface area contributed by atoms with Gasteiger partial charge in [-0.3, -0.25) is 4.98 Å². The van der Waals surface area contributed by atoms with Gasteiger partial charge in [0.05, 0.1) is 23.7 Å². The van der Waals surface area contributed by atoms with Gasteiger partial charge in [-0.15, -0.1) is 0 Å². The van der Waals surface area contributed by atoms with E-state index in [1.807, 2.05) is 0 Å². The van der Waals surface area contributed by atoms with E-state index in [2.05, 4.69) is 9.97 Å². The molecule has 2 rings (SSSR count). The lowest BCUT2D eigenvalue weighted by Crippen LogP contribution is -2.09. The summed E-state index contributed by atoms with van der Waals surface area (Å²) in [4.78, 5) is 17.9. The monoisotopic (exact) mass is 282 g/mol. The first-order valence-electron chi connectivity index (χ1n) is 5.52. The van der Waals surface area contributed by atoms with Crippen LogP contribution >= 0.6 is 0 Å². The van der Waals surface area contributed by atoms with Crippen molar-refractivity contribution in [1.82, 2.24) is 9.97 Å². The zero-order valence-electron chi connectivity index (χ0n) is 10.3. The number of aryl methyl sites for hydroxylation is 1. The average molecular weight is 282 g/mol. The fourth-order valence-corrected chi connectivity index (χ4v) is 1.70. The van der Waals surface area contributed by atoms with Crippen molar-refractivity contribution >= 4 is 5.97 Å². The summed E-state index contributed by atoms with van der Waals surface area (Å²) in [5.74, 6) is -1.09. The molecule has 0 aliphatic carbocycles. The highest BCUT2D eigenvalue weighted by Crippen LogP contribution is 2.29. The standard InChI is InChI=1S/C13H9F3N2O2/c1-7-4-8(2-3-9(7)12(19)20)10-5-17-6-11(18-10)13(14,15)16/h2-6H,1H3,(H,19,20).